The van der Waals surface area contributed by atoms with Crippen molar-refractivity contribution in [2.75, 3.05) is 20.2 Å². The molecule has 0 aliphatic heterocycles. The Balaban J connectivity index is 1.65. The normalized spacial score (nSPS) is 16.0. The van der Waals surface area contributed by atoms with Crippen LogP contribution in [-0.2, 0) is 0 Å². The first-order chi connectivity index (χ1) is 14.4. The molecule has 3 aromatic rings. The number of ketones is 1. The van der Waals surface area contributed by atoms with Crippen LogP contribution in [0.4, 0.5) is 0 Å². The fourth-order valence-electron chi connectivity index (χ4n) is 4.10. The number of carbonyl (C=O) groups excluding carboxylic acids is 2. The maximum absolute atomic E-state index is 13.3. The fraction of sp³-hybridized carbons (Fsp3) is 0.455. The maximum Gasteiger partial charge on any atom is 0.263 e. The second kappa shape index (κ2) is 8.28. The summed E-state index contributed by atoms with van der Waals surface area (Å²) in [6.07, 6.45) is 8.55. The molecule has 0 spiro atoms. The highest BCUT2D eigenvalue weighted by atomic mass is 32.1. The van der Waals surface area contributed by atoms with Gasteiger partial charge in [0.15, 0.2) is 11.4 Å². The lowest BCUT2D eigenvalue weighted by atomic mass is 9.71. The number of aliphatic hydroxyl groups is 1. The number of nitrogens with one attached hydrogen (secondary N) is 1. The molecule has 4 rings (SSSR count). The number of H-pyrrole nitrogens is 1. The molecule has 1 amide bonds. The average Bonchev–Trinajstić information content (AvgIpc) is 3.40. The van der Waals surface area contributed by atoms with E-state index in [9.17, 15) is 9.59 Å². The van der Waals surface area contributed by atoms with Gasteiger partial charge in [-0.2, -0.15) is 0 Å². The van der Waals surface area contributed by atoms with Gasteiger partial charge in [0.25, 0.3) is 5.91 Å². The quantitative estimate of drug-likeness (QED) is 0.582. The molecule has 3 heterocycles. The largest absolute Gasteiger partial charge is 0.395 e. The minimum atomic E-state index is -0.342. The zero-order valence-corrected chi connectivity index (χ0v) is 18.1. The molecule has 0 unspecified atom stereocenters. The molecule has 30 heavy (non-hydrogen) atoms. The zero-order chi connectivity index (χ0) is 21.3. The summed E-state index contributed by atoms with van der Waals surface area (Å²) in [6, 6.07) is 3.60. The summed E-state index contributed by atoms with van der Waals surface area (Å²) in [6.45, 7) is 2.27. The molecule has 1 aliphatic carbocycles. The first kappa shape index (κ1) is 20.7. The van der Waals surface area contributed by atoms with Crippen LogP contribution in [-0.4, -0.2) is 56.8 Å². The lowest BCUT2D eigenvalue weighted by Gasteiger charge is -2.31. The molecule has 7 nitrogen and oxygen atoms in total. The van der Waals surface area contributed by atoms with E-state index < -0.39 is 0 Å². The van der Waals surface area contributed by atoms with Crippen LogP contribution >= 0.6 is 11.3 Å². The molecule has 0 aromatic carbocycles. The smallest absolute Gasteiger partial charge is 0.263 e. The fourth-order valence-corrected chi connectivity index (χ4v) is 5.05. The number of hydrogen-bond acceptors (Lipinski definition) is 6. The lowest BCUT2D eigenvalue weighted by molar-refractivity contribution is 0.0750. The SMILES string of the molecule is CN(CCO)C(=O)c1ccc(-c2cnc3[nH]cc(C(=O)C4(C)CCCCC4)c3n2)s1. The Bertz CT molecular complexity index is 1080. The van der Waals surface area contributed by atoms with E-state index >= 15 is 0 Å². The van der Waals surface area contributed by atoms with E-state index in [1.165, 1.54) is 22.7 Å². The van der Waals surface area contributed by atoms with Crippen molar-refractivity contribution in [3.63, 3.8) is 0 Å². The molecule has 1 saturated carbocycles. The number of carbonyl (C=O) groups is 2. The molecule has 1 fully saturated rings. The predicted octanol–water partition coefficient (Wildman–Crippen LogP) is 3.90. The van der Waals surface area contributed by atoms with Crippen LogP contribution in [0.2, 0.25) is 0 Å². The zero-order valence-electron chi connectivity index (χ0n) is 17.3. The minimum absolute atomic E-state index is 0.0775. The number of fused-ring (bicyclic) bond motifs is 1. The molecule has 0 radical (unpaired) electrons. The van der Waals surface area contributed by atoms with Gasteiger partial charge in [-0.3, -0.25) is 9.59 Å². The van der Waals surface area contributed by atoms with Gasteiger partial charge in [0.05, 0.1) is 33.8 Å². The van der Waals surface area contributed by atoms with Crippen LogP contribution < -0.4 is 0 Å². The number of hydrogen-bond donors (Lipinski definition) is 2. The van der Waals surface area contributed by atoms with Crippen LogP contribution in [0.15, 0.2) is 24.5 Å². The van der Waals surface area contributed by atoms with E-state index in [2.05, 4.69) is 16.9 Å². The summed E-state index contributed by atoms with van der Waals surface area (Å²) >= 11 is 1.33. The highest BCUT2D eigenvalue weighted by Gasteiger charge is 2.36. The molecule has 3 aromatic heterocycles. The number of thiophene rings is 1. The van der Waals surface area contributed by atoms with Crippen LogP contribution in [0, 0.1) is 5.41 Å². The van der Waals surface area contributed by atoms with Crippen molar-refractivity contribution in [1.29, 1.82) is 0 Å². The number of nitrogens with zero attached hydrogens (tertiary/aromatic N) is 3. The topological polar surface area (TPSA) is 99.2 Å². The van der Waals surface area contributed by atoms with E-state index in [0.29, 0.717) is 27.3 Å². The molecule has 0 bridgehead atoms. The summed E-state index contributed by atoms with van der Waals surface area (Å²) in [4.78, 5) is 40.9. The Morgan fingerprint density at radius 2 is 2.03 bits per heavy atom. The predicted molar refractivity (Wildman–Crippen MR) is 117 cm³/mol. The summed E-state index contributed by atoms with van der Waals surface area (Å²) in [7, 11) is 1.66. The van der Waals surface area contributed by atoms with Gasteiger partial charge >= 0.3 is 0 Å². The Labute approximate surface area is 179 Å². The second-order valence-electron chi connectivity index (χ2n) is 8.22. The van der Waals surface area contributed by atoms with Crippen LogP contribution in [0.5, 0.6) is 0 Å². The van der Waals surface area contributed by atoms with Crippen molar-refractivity contribution in [3.8, 4) is 10.6 Å². The third-order valence-corrected chi connectivity index (χ3v) is 7.08. The maximum atomic E-state index is 13.3. The van der Waals surface area contributed by atoms with Crippen molar-refractivity contribution >= 4 is 34.2 Å². The molecule has 1 aliphatic rings. The molecule has 0 saturated heterocycles. The molecular formula is C22H26N4O3S. The summed E-state index contributed by atoms with van der Waals surface area (Å²) in [5.74, 6) is -0.00959. The monoisotopic (exact) mass is 426 g/mol. The number of aromatic nitrogens is 3. The number of rotatable bonds is 6. The van der Waals surface area contributed by atoms with Gasteiger partial charge in [-0.15, -0.1) is 11.3 Å². The van der Waals surface area contributed by atoms with Gasteiger partial charge in [-0.05, 0) is 25.0 Å². The van der Waals surface area contributed by atoms with Crippen LogP contribution in [0.1, 0.15) is 59.1 Å². The van der Waals surface area contributed by atoms with E-state index in [-0.39, 0.29) is 30.3 Å². The number of aromatic amines is 1. The molecule has 2 N–H and O–H groups in total. The Morgan fingerprint density at radius 1 is 1.27 bits per heavy atom. The van der Waals surface area contributed by atoms with Crippen LogP contribution in [0.3, 0.4) is 0 Å². The Hall–Kier alpha value is -2.58. The minimum Gasteiger partial charge on any atom is -0.395 e. The summed E-state index contributed by atoms with van der Waals surface area (Å²) < 4.78 is 0. The van der Waals surface area contributed by atoms with Crippen molar-refractivity contribution in [1.82, 2.24) is 19.9 Å². The van der Waals surface area contributed by atoms with E-state index in [0.717, 1.165) is 30.6 Å². The Kier molecular flexibility index (Phi) is 5.71. The van der Waals surface area contributed by atoms with Gasteiger partial charge in [-0.1, -0.05) is 26.2 Å². The Morgan fingerprint density at radius 3 is 2.77 bits per heavy atom. The highest BCUT2D eigenvalue weighted by Crippen LogP contribution is 2.39. The molecule has 8 heteroatoms. The molecule has 0 atom stereocenters. The molecule has 158 valence electrons. The number of amides is 1. The molecular weight excluding hydrogens is 400 g/mol. The van der Waals surface area contributed by atoms with Gasteiger partial charge in [0.1, 0.15) is 5.52 Å². The third-order valence-electron chi connectivity index (χ3n) is 5.98. The second-order valence-corrected chi connectivity index (χ2v) is 9.30. The van der Waals surface area contributed by atoms with Crippen molar-refractivity contribution in [2.45, 2.75) is 39.0 Å². The van der Waals surface area contributed by atoms with Crippen LogP contribution in [0.25, 0.3) is 21.7 Å². The third kappa shape index (κ3) is 3.77. The standard InChI is InChI=1S/C22H26N4O3S/c1-22(8-4-3-5-9-22)19(28)14-12-23-20-18(14)25-15(13-24-20)16-6-7-17(30-16)21(29)26(2)10-11-27/h6-7,12-13,27H,3-5,8-11H2,1-2H3,(H,23,24). The van der Waals surface area contributed by atoms with E-state index in [1.54, 1.807) is 25.5 Å². The van der Waals surface area contributed by atoms with E-state index in [4.69, 9.17) is 10.1 Å². The van der Waals surface area contributed by atoms with Crippen molar-refractivity contribution in [3.05, 3.63) is 35.0 Å². The first-order valence-corrected chi connectivity index (χ1v) is 11.1. The highest BCUT2D eigenvalue weighted by molar-refractivity contribution is 7.17. The van der Waals surface area contributed by atoms with Gasteiger partial charge in [0, 0.05) is 25.2 Å². The average molecular weight is 427 g/mol. The first-order valence-electron chi connectivity index (χ1n) is 10.3. The van der Waals surface area contributed by atoms with Crippen molar-refractivity contribution in [2.24, 2.45) is 5.41 Å². The van der Waals surface area contributed by atoms with Gasteiger partial charge in [-0.25, -0.2) is 9.97 Å². The van der Waals surface area contributed by atoms with Gasteiger partial charge in [0.2, 0.25) is 0 Å². The van der Waals surface area contributed by atoms with Crippen molar-refractivity contribution < 1.29 is 14.7 Å². The van der Waals surface area contributed by atoms with E-state index in [1.807, 2.05) is 6.07 Å². The van der Waals surface area contributed by atoms with Gasteiger partial charge < -0.3 is 15.0 Å². The number of aliphatic hydroxyl groups excluding tert-OH is 1. The summed E-state index contributed by atoms with van der Waals surface area (Å²) in [5.41, 5.74) is 2.07. The number of Topliss-reactive ketones (excluding diaryl/α,β-unsaturated/α-hetero) is 1. The summed E-state index contributed by atoms with van der Waals surface area (Å²) in [5, 5.41) is 9.04. The number of likely N-dealkylation sites (N-methyl/N-ethyl adjacent to an activating group) is 1. The lowest BCUT2D eigenvalue weighted by Crippen LogP contribution is -2.30.